The van der Waals surface area contributed by atoms with Crippen LogP contribution in [0.3, 0.4) is 0 Å². The number of aliphatic hydroxyl groups excluding tert-OH is 1. The Hall–Kier alpha value is -1.94. The van der Waals surface area contributed by atoms with Gasteiger partial charge in [-0.1, -0.05) is 292 Å². The molecule has 0 radical (unpaired) electrons. The monoisotopic (exact) mass is 1280 g/mol. The molecule has 0 saturated heterocycles. The van der Waals surface area contributed by atoms with Crippen LogP contribution in [-0.4, -0.2) is 96.7 Å². The van der Waals surface area contributed by atoms with Gasteiger partial charge in [0, 0.05) is 25.7 Å². The standard InChI is InChI=1S/C68H132O17P2/c1-7-10-12-14-15-16-17-18-19-20-21-22-23-24-25-26-34-40-46-52-67(72)85-64(57-79-66(71)51-45-39-33-30-28-32-38-43-49-61(6)9-3)59-83-87(76,77)81-55-62(69)54-80-86(74,75)82-58-63(56-78-65(70)50-44-36-13-11-8-2)84-68(73)53-47-41-35-29-27-31-37-42-48-60(4)5/h60-64,69H,7-59H2,1-6H3,(H,74,75)(H,76,77)/t61?,62-,63+,64+/m0/s1. The van der Waals surface area contributed by atoms with E-state index in [1.165, 1.54) is 154 Å². The smallest absolute Gasteiger partial charge is 0.462 e. The van der Waals surface area contributed by atoms with Gasteiger partial charge in [-0.05, 0) is 37.5 Å². The second kappa shape index (κ2) is 60.3. The first-order valence-corrected chi connectivity index (χ1v) is 38.5. The van der Waals surface area contributed by atoms with Gasteiger partial charge in [-0.3, -0.25) is 37.3 Å². The van der Waals surface area contributed by atoms with Gasteiger partial charge in [0.1, 0.15) is 19.3 Å². The maximum Gasteiger partial charge on any atom is 0.472 e. The van der Waals surface area contributed by atoms with Crippen molar-refractivity contribution in [3.63, 3.8) is 0 Å². The number of carbonyl (C=O) groups excluding carboxylic acids is 4. The van der Waals surface area contributed by atoms with Crippen LogP contribution in [0.25, 0.3) is 0 Å². The molecule has 3 N–H and O–H groups in total. The summed E-state index contributed by atoms with van der Waals surface area (Å²) in [5.74, 6) is -0.645. The molecule has 0 bridgehead atoms. The Morgan fingerprint density at radius 2 is 0.586 bits per heavy atom. The molecule has 0 rings (SSSR count). The van der Waals surface area contributed by atoms with Gasteiger partial charge in [0.2, 0.25) is 0 Å². The fraction of sp³-hybridized carbons (Fsp3) is 0.941. The molecule has 3 unspecified atom stereocenters. The van der Waals surface area contributed by atoms with Gasteiger partial charge in [-0.2, -0.15) is 0 Å². The summed E-state index contributed by atoms with van der Waals surface area (Å²) >= 11 is 0. The molecule has 0 aromatic carbocycles. The van der Waals surface area contributed by atoms with Crippen molar-refractivity contribution in [3.8, 4) is 0 Å². The fourth-order valence-electron chi connectivity index (χ4n) is 10.2. The van der Waals surface area contributed by atoms with E-state index in [1.54, 1.807) is 0 Å². The Morgan fingerprint density at radius 1 is 0.333 bits per heavy atom. The van der Waals surface area contributed by atoms with E-state index < -0.39 is 97.5 Å². The molecule has 0 fully saturated rings. The Morgan fingerprint density at radius 3 is 0.874 bits per heavy atom. The second-order valence-corrected chi connectivity index (χ2v) is 28.2. The van der Waals surface area contributed by atoms with Gasteiger partial charge in [0.05, 0.1) is 26.4 Å². The van der Waals surface area contributed by atoms with Gasteiger partial charge in [-0.25, -0.2) is 9.13 Å². The molecule has 0 heterocycles. The van der Waals surface area contributed by atoms with E-state index in [2.05, 4.69) is 41.5 Å². The average molecular weight is 1280 g/mol. The van der Waals surface area contributed by atoms with Crippen LogP contribution >= 0.6 is 15.6 Å². The van der Waals surface area contributed by atoms with Gasteiger partial charge in [0.15, 0.2) is 12.2 Å². The minimum Gasteiger partial charge on any atom is -0.462 e. The number of rotatable bonds is 67. The molecule has 0 spiro atoms. The second-order valence-electron chi connectivity index (χ2n) is 25.3. The molecular formula is C68H132O17P2. The summed E-state index contributed by atoms with van der Waals surface area (Å²) in [5.41, 5.74) is 0. The molecular weight excluding hydrogens is 1150 g/mol. The van der Waals surface area contributed by atoms with Gasteiger partial charge in [0.25, 0.3) is 0 Å². The molecule has 0 amide bonds. The minimum absolute atomic E-state index is 0.103. The molecule has 0 saturated carbocycles. The first-order chi connectivity index (χ1) is 41.9. The number of unbranched alkanes of at least 4 members (excludes halogenated alkanes) is 36. The number of hydrogen-bond donors (Lipinski definition) is 3. The fourth-order valence-corrected chi connectivity index (χ4v) is 11.8. The summed E-state index contributed by atoms with van der Waals surface area (Å²) in [6, 6.07) is 0. The zero-order valence-electron chi connectivity index (χ0n) is 56.3. The molecule has 6 atom stereocenters. The lowest BCUT2D eigenvalue weighted by Crippen LogP contribution is -2.30. The van der Waals surface area contributed by atoms with Crippen molar-refractivity contribution in [2.45, 2.75) is 362 Å². The van der Waals surface area contributed by atoms with E-state index in [0.717, 1.165) is 108 Å². The molecule has 0 aliphatic rings. The summed E-state index contributed by atoms with van der Waals surface area (Å²) in [7, 11) is -9.89. The molecule has 0 aromatic rings. The van der Waals surface area contributed by atoms with Gasteiger partial charge >= 0.3 is 39.5 Å². The topological polar surface area (TPSA) is 237 Å². The van der Waals surface area contributed by atoms with Crippen LogP contribution in [0.4, 0.5) is 0 Å². The highest BCUT2D eigenvalue weighted by atomic mass is 31.2. The van der Waals surface area contributed by atoms with Crippen LogP contribution in [0.1, 0.15) is 343 Å². The zero-order chi connectivity index (χ0) is 64.3. The summed E-state index contributed by atoms with van der Waals surface area (Å²) in [4.78, 5) is 72.1. The van der Waals surface area contributed by atoms with Crippen molar-refractivity contribution in [1.82, 2.24) is 0 Å². The largest absolute Gasteiger partial charge is 0.472 e. The highest BCUT2D eigenvalue weighted by Crippen LogP contribution is 2.45. The SMILES string of the molecule is CCCCCCCCCCCCCCCCCCCCCC(=O)O[C@H](COC(=O)CCCCCCCCCCC(C)CC)COP(=O)(O)OC[C@@H](O)COP(=O)(O)OC[C@@H](COC(=O)CCCCCCC)OC(=O)CCCCCCCCCCC(C)C. The third-order valence-corrected chi connectivity index (χ3v) is 18.0. The molecule has 0 aliphatic carbocycles. The number of aliphatic hydroxyl groups is 1. The Kier molecular flexibility index (Phi) is 59.0. The lowest BCUT2D eigenvalue weighted by Gasteiger charge is -2.21. The van der Waals surface area contributed by atoms with E-state index in [-0.39, 0.29) is 25.7 Å². The first-order valence-electron chi connectivity index (χ1n) is 35.5. The van der Waals surface area contributed by atoms with Crippen molar-refractivity contribution in [1.29, 1.82) is 0 Å². The Balaban J connectivity index is 5.14. The molecule has 516 valence electrons. The average Bonchev–Trinajstić information content (AvgIpc) is 3.69. The van der Waals surface area contributed by atoms with E-state index >= 15 is 0 Å². The number of ether oxygens (including phenoxy) is 4. The van der Waals surface area contributed by atoms with E-state index in [0.29, 0.717) is 25.7 Å². The predicted octanol–water partition coefficient (Wildman–Crippen LogP) is 19.2. The van der Waals surface area contributed by atoms with Crippen molar-refractivity contribution in [2.75, 3.05) is 39.6 Å². The molecule has 17 nitrogen and oxygen atoms in total. The molecule has 0 aromatic heterocycles. The highest BCUT2D eigenvalue weighted by Gasteiger charge is 2.30. The maximum atomic E-state index is 13.0. The number of esters is 4. The summed E-state index contributed by atoms with van der Waals surface area (Å²) in [6.45, 7) is 9.40. The van der Waals surface area contributed by atoms with Crippen LogP contribution in [0.5, 0.6) is 0 Å². The molecule has 0 aliphatic heterocycles. The van der Waals surface area contributed by atoms with E-state index in [4.69, 9.17) is 37.0 Å². The molecule has 19 heteroatoms. The number of phosphoric ester groups is 2. The maximum absolute atomic E-state index is 13.0. The number of hydrogen-bond acceptors (Lipinski definition) is 15. The third-order valence-electron chi connectivity index (χ3n) is 16.1. The lowest BCUT2D eigenvalue weighted by atomic mass is 9.99. The minimum atomic E-state index is -4.95. The molecule has 87 heavy (non-hydrogen) atoms. The van der Waals surface area contributed by atoms with Gasteiger partial charge in [-0.15, -0.1) is 0 Å². The van der Waals surface area contributed by atoms with Crippen molar-refractivity contribution >= 4 is 39.5 Å². The number of carbonyl (C=O) groups is 4. The van der Waals surface area contributed by atoms with Crippen molar-refractivity contribution in [3.05, 3.63) is 0 Å². The summed E-state index contributed by atoms with van der Waals surface area (Å²) in [6.07, 6.45) is 44.9. The Labute approximate surface area is 530 Å². The Bertz CT molecular complexity index is 1700. The quantitative estimate of drug-likeness (QED) is 0.0222. The van der Waals surface area contributed by atoms with Crippen molar-refractivity contribution < 1.29 is 80.2 Å². The van der Waals surface area contributed by atoms with Crippen LogP contribution < -0.4 is 0 Å². The predicted molar refractivity (Wildman–Crippen MR) is 349 cm³/mol. The van der Waals surface area contributed by atoms with E-state index in [9.17, 15) is 43.2 Å². The van der Waals surface area contributed by atoms with Crippen LogP contribution in [0, 0.1) is 11.8 Å². The van der Waals surface area contributed by atoms with Crippen LogP contribution in [0.2, 0.25) is 0 Å². The van der Waals surface area contributed by atoms with E-state index in [1.807, 2.05) is 0 Å². The lowest BCUT2D eigenvalue weighted by molar-refractivity contribution is -0.161. The van der Waals surface area contributed by atoms with Crippen molar-refractivity contribution in [2.24, 2.45) is 11.8 Å². The van der Waals surface area contributed by atoms with Crippen LogP contribution in [-0.2, 0) is 65.4 Å². The zero-order valence-corrected chi connectivity index (χ0v) is 58.1. The third kappa shape index (κ3) is 61.3. The highest BCUT2D eigenvalue weighted by molar-refractivity contribution is 7.47. The van der Waals surface area contributed by atoms with Gasteiger partial charge < -0.3 is 33.8 Å². The summed E-state index contributed by atoms with van der Waals surface area (Å²) in [5, 5.41) is 10.5. The number of phosphoric acid groups is 2. The summed E-state index contributed by atoms with van der Waals surface area (Å²) < 4.78 is 68.0. The normalized spacial score (nSPS) is 14.5. The van der Waals surface area contributed by atoms with Crippen LogP contribution in [0.15, 0.2) is 0 Å². The first kappa shape index (κ1) is 85.1.